The molecule has 0 fully saturated rings. The number of rotatable bonds is 7. The van der Waals surface area contributed by atoms with Crippen molar-refractivity contribution in [2.24, 2.45) is 0 Å². The Hall–Kier alpha value is -3.11. The van der Waals surface area contributed by atoms with Gasteiger partial charge in [0.25, 0.3) is 5.88 Å². The highest BCUT2D eigenvalue weighted by Gasteiger charge is 2.16. The number of esters is 1. The third-order valence-corrected chi connectivity index (χ3v) is 3.69. The number of carbonyl (C=O) groups excluding carboxylic acids is 1. The minimum absolute atomic E-state index is 0.0349. The van der Waals surface area contributed by atoms with E-state index < -0.39 is 11.4 Å². The van der Waals surface area contributed by atoms with Crippen molar-refractivity contribution < 1.29 is 18.7 Å². The summed E-state index contributed by atoms with van der Waals surface area (Å²) in [4.78, 5) is 16.8. The van der Waals surface area contributed by atoms with E-state index in [4.69, 9.17) is 21.1 Å². The van der Waals surface area contributed by atoms with Crippen molar-refractivity contribution in [3.8, 4) is 17.3 Å². The van der Waals surface area contributed by atoms with Crippen LogP contribution in [-0.4, -0.2) is 43.3 Å². The zero-order valence-electron chi connectivity index (χ0n) is 16.6. The second kappa shape index (κ2) is 9.14. The first-order valence-corrected chi connectivity index (χ1v) is 9.38. The zero-order chi connectivity index (χ0) is 21.7. The molecule has 0 bridgehead atoms. The van der Waals surface area contributed by atoms with E-state index in [1.54, 1.807) is 45.0 Å². The average molecular weight is 435 g/mol. The molecule has 0 atom stereocenters. The van der Waals surface area contributed by atoms with E-state index in [9.17, 15) is 9.18 Å². The Kier molecular flexibility index (Phi) is 6.58. The van der Waals surface area contributed by atoms with Crippen LogP contribution in [-0.2, 0) is 16.1 Å². The van der Waals surface area contributed by atoms with Crippen LogP contribution in [0.3, 0.4) is 0 Å². The number of hydrogen-bond donors (Lipinski definition) is 1. The van der Waals surface area contributed by atoms with Gasteiger partial charge in [0.05, 0.1) is 23.8 Å². The molecule has 1 N–H and O–H groups in total. The van der Waals surface area contributed by atoms with Gasteiger partial charge >= 0.3 is 5.97 Å². The maximum absolute atomic E-state index is 13.8. The monoisotopic (exact) mass is 434 g/mol. The topological polar surface area (TPSA) is 104 Å². The first kappa shape index (κ1) is 21.6. The minimum atomic E-state index is -0.659. The quantitative estimate of drug-likeness (QED) is 0.566. The van der Waals surface area contributed by atoms with E-state index >= 15 is 0 Å². The van der Waals surface area contributed by atoms with Crippen molar-refractivity contribution in [1.29, 1.82) is 0 Å². The molecule has 0 aliphatic carbocycles. The molecule has 2 aromatic heterocycles. The van der Waals surface area contributed by atoms with Gasteiger partial charge in [-0.15, -0.1) is 15.0 Å². The van der Waals surface area contributed by atoms with Crippen molar-refractivity contribution in [2.75, 3.05) is 6.54 Å². The number of benzene rings is 1. The summed E-state index contributed by atoms with van der Waals surface area (Å²) in [5.41, 5.74) is 0.0866. The van der Waals surface area contributed by atoms with E-state index in [0.717, 1.165) is 6.07 Å². The molecular weight excluding hydrogens is 415 g/mol. The second-order valence-corrected chi connectivity index (χ2v) is 7.66. The second-order valence-electron chi connectivity index (χ2n) is 7.22. The Morgan fingerprint density at radius 2 is 2.00 bits per heavy atom. The van der Waals surface area contributed by atoms with Crippen molar-refractivity contribution in [2.45, 2.75) is 32.9 Å². The minimum Gasteiger partial charge on any atom is -0.459 e. The van der Waals surface area contributed by atoms with E-state index in [1.807, 2.05) is 0 Å². The number of ether oxygens (including phenoxy) is 2. The van der Waals surface area contributed by atoms with Gasteiger partial charge in [0.15, 0.2) is 11.6 Å². The number of aromatic nitrogens is 5. The van der Waals surface area contributed by atoms with Crippen LogP contribution in [0.2, 0.25) is 5.02 Å². The smallest absolute Gasteiger partial charge is 0.320 e. The first-order valence-electron chi connectivity index (χ1n) is 9.00. The van der Waals surface area contributed by atoms with Crippen LogP contribution >= 0.6 is 11.6 Å². The van der Waals surface area contributed by atoms with Gasteiger partial charge in [-0.25, -0.2) is 9.37 Å². The summed E-state index contributed by atoms with van der Waals surface area (Å²) >= 11 is 5.67. The van der Waals surface area contributed by atoms with Crippen LogP contribution in [0.5, 0.6) is 11.6 Å². The summed E-state index contributed by atoms with van der Waals surface area (Å²) < 4.78 is 24.4. The standard InChI is InChI=1S/C19H20ClFN6O3/c1-19(2,3)30-17(28)11-22-10-16-24-26-27(25-16)13-4-6-14(7-5-13)29-18-15(21)8-12(20)9-23-18/h4-9,22H,10-11H2,1-3H3. The Bertz CT molecular complexity index is 1020. The average Bonchev–Trinajstić information content (AvgIpc) is 3.12. The number of tetrazole rings is 1. The van der Waals surface area contributed by atoms with E-state index in [1.165, 1.54) is 11.0 Å². The van der Waals surface area contributed by atoms with Crippen LogP contribution in [0.4, 0.5) is 4.39 Å². The molecule has 30 heavy (non-hydrogen) atoms. The molecule has 11 heteroatoms. The molecule has 0 radical (unpaired) electrons. The van der Waals surface area contributed by atoms with Gasteiger partial charge in [0, 0.05) is 6.20 Å². The number of nitrogens with zero attached hydrogens (tertiary/aromatic N) is 5. The zero-order valence-corrected chi connectivity index (χ0v) is 17.4. The van der Waals surface area contributed by atoms with Gasteiger partial charge in [-0.05, 0) is 56.3 Å². The third-order valence-electron chi connectivity index (χ3n) is 3.48. The van der Waals surface area contributed by atoms with Crippen molar-refractivity contribution >= 4 is 17.6 Å². The highest BCUT2D eigenvalue weighted by molar-refractivity contribution is 6.30. The fourth-order valence-electron chi connectivity index (χ4n) is 2.31. The number of carbonyl (C=O) groups is 1. The van der Waals surface area contributed by atoms with Crippen molar-refractivity contribution in [3.63, 3.8) is 0 Å². The molecule has 0 unspecified atom stereocenters. The van der Waals surface area contributed by atoms with Crippen molar-refractivity contribution in [1.82, 2.24) is 30.5 Å². The van der Waals surface area contributed by atoms with Gasteiger partial charge in [0.2, 0.25) is 0 Å². The number of nitrogens with one attached hydrogen (secondary N) is 1. The maximum Gasteiger partial charge on any atom is 0.320 e. The van der Waals surface area contributed by atoms with Gasteiger partial charge in [0.1, 0.15) is 11.4 Å². The predicted molar refractivity (Wildman–Crippen MR) is 106 cm³/mol. The number of halogens is 2. The summed E-state index contributed by atoms with van der Waals surface area (Å²) in [5, 5.41) is 15.2. The third kappa shape index (κ3) is 6.19. The molecular formula is C19H20ClFN6O3. The number of pyridine rings is 1. The summed E-state index contributed by atoms with van der Waals surface area (Å²) in [6.07, 6.45) is 1.30. The largest absolute Gasteiger partial charge is 0.459 e. The molecule has 0 spiro atoms. The Balaban J connectivity index is 1.56. The molecule has 0 saturated carbocycles. The van der Waals surface area contributed by atoms with Gasteiger partial charge in [-0.3, -0.25) is 10.1 Å². The van der Waals surface area contributed by atoms with Crippen LogP contribution in [0, 0.1) is 5.82 Å². The lowest BCUT2D eigenvalue weighted by Crippen LogP contribution is -2.31. The van der Waals surface area contributed by atoms with Crippen LogP contribution in [0.25, 0.3) is 5.69 Å². The molecule has 2 heterocycles. The lowest BCUT2D eigenvalue weighted by atomic mass is 10.2. The summed E-state index contributed by atoms with van der Waals surface area (Å²) in [6, 6.07) is 7.73. The predicted octanol–water partition coefficient (Wildman–Crippen LogP) is 3.07. The first-order chi connectivity index (χ1) is 14.2. The summed E-state index contributed by atoms with van der Waals surface area (Å²) in [6.45, 7) is 5.69. The van der Waals surface area contributed by atoms with E-state index in [-0.39, 0.29) is 30.0 Å². The van der Waals surface area contributed by atoms with Crippen LogP contribution < -0.4 is 10.1 Å². The maximum atomic E-state index is 13.8. The molecule has 9 nitrogen and oxygen atoms in total. The lowest BCUT2D eigenvalue weighted by molar-refractivity contribution is -0.153. The fourth-order valence-corrected chi connectivity index (χ4v) is 2.46. The SMILES string of the molecule is CC(C)(C)OC(=O)CNCc1nnn(-c2ccc(Oc3ncc(Cl)cc3F)cc2)n1. The molecule has 0 amide bonds. The molecule has 3 rings (SSSR count). The molecule has 1 aromatic carbocycles. The molecule has 0 aliphatic heterocycles. The molecule has 0 saturated heterocycles. The molecule has 3 aromatic rings. The van der Waals surface area contributed by atoms with Gasteiger partial charge < -0.3 is 9.47 Å². The molecule has 158 valence electrons. The van der Waals surface area contributed by atoms with Gasteiger partial charge in [-0.2, -0.15) is 0 Å². The lowest BCUT2D eigenvalue weighted by Gasteiger charge is -2.19. The Morgan fingerprint density at radius 1 is 1.27 bits per heavy atom. The number of hydrogen-bond acceptors (Lipinski definition) is 8. The molecule has 0 aliphatic rings. The van der Waals surface area contributed by atoms with E-state index in [2.05, 4.69) is 25.7 Å². The summed E-state index contributed by atoms with van der Waals surface area (Å²) in [7, 11) is 0. The van der Waals surface area contributed by atoms with Crippen molar-refractivity contribution in [3.05, 3.63) is 53.2 Å². The highest BCUT2D eigenvalue weighted by atomic mass is 35.5. The Morgan fingerprint density at radius 3 is 2.67 bits per heavy atom. The van der Waals surface area contributed by atoms with Crippen LogP contribution in [0.1, 0.15) is 26.6 Å². The summed E-state index contributed by atoms with van der Waals surface area (Å²) in [5.74, 6) is -0.410. The van der Waals surface area contributed by atoms with Gasteiger partial charge in [-0.1, -0.05) is 11.6 Å². The Labute approximate surface area is 177 Å². The normalized spacial score (nSPS) is 11.4. The van der Waals surface area contributed by atoms with Crippen LogP contribution in [0.15, 0.2) is 36.5 Å². The fraction of sp³-hybridized carbons (Fsp3) is 0.316. The van der Waals surface area contributed by atoms with E-state index in [0.29, 0.717) is 17.3 Å². The highest BCUT2D eigenvalue weighted by Crippen LogP contribution is 2.24.